The van der Waals surface area contributed by atoms with Crippen LogP contribution >= 0.6 is 11.6 Å². The van der Waals surface area contributed by atoms with Gasteiger partial charge in [-0.2, -0.15) is 0 Å². The third kappa shape index (κ3) is 3.93. The van der Waals surface area contributed by atoms with E-state index in [0.29, 0.717) is 21.7 Å². The van der Waals surface area contributed by atoms with Crippen LogP contribution in [0.1, 0.15) is 54.1 Å². The van der Waals surface area contributed by atoms with E-state index in [1.807, 2.05) is 24.3 Å². The largest absolute Gasteiger partial charge is 0.348 e. The third-order valence-corrected chi connectivity index (χ3v) is 6.71. The lowest BCUT2D eigenvalue weighted by Gasteiger charge is -2.26. The Bertz CT molecular complexity index is 1480. The van der Waals surface area contributed by atoms with E-state index in [4.69, 9.17) is 22.0 Å². The predicted octanol–water partition coefficient (Wildman–Crippen LogP) is 4.22. The summed E-state index contributed by atoms with van der Waals surface area (Å²) >= 11 is 6.22. The summed E-state index contributed by atoms with van der Waals surface area (Å²) in [5.41, 5.74) is 1.77. The molecule has 168 valence electrons. The fourth-order valence-electron chi connectivity index (χ4n) is 4.63. The van der Waals surface area contributed by atoms with Crippen LogP contribution < -0.4 is 16.4 Å². The number of benzene rings is 1. The van der Waals surface area contributed by atoms with Crippen molar-refractivity contribution >= 4 is 34.2 Å². The van der Waals surface area contributed by atoms with Gasteiger partial charge in [0.15, 0.2) is 0 Å². The van der Waals surface area contributed by atoms with Gasteiger partial charge < -0.3 is 9.88 Å². The van der Waals surface area contributed by atoms with Gasteiger partial charge in [0.25, 0.3) is 11.5 Å². The van der Waals surface area contributed by atoms with Crippen LogP contribution in [0.25, 0.3) is 16.7 Å². The number of amides is 1. The van der Waals surface area contributed by atoms with Gasteiger partial charge in [0, 0.05) is 23.8 Å². The molecule has 1 aliphatic carbocycles. The van der Waals surface area contributed by atoms with E-state index in [1.54, 1.807) is 29.0 Å². The van der Waals surface area contributed by atoms with Crippen molar-refractivity contribution < 1.29 is 4.79 Å². The maximum Gasteiger partial charge on any atom is 0.267 e. The van der Waals surface area contributed by atoms with Crippen molar-refractivity contribution in [1.29, 1.82) is 5.41 Å². The average Bonchev–Trinajstić information content (AvgIpc) is 2.84. The summed E-state index contributed by atoms with van der Waals surface area (Å²) in [6.45, 7) is 0.231. The standard InChI is InChI=1S/C25H24ClN5O2/c26-20-11-5-4-8-16(20)15-28-24(32)18-14-19-23(29-21-12-6-7-13-30(21)25(19)33)31(22(18)27)17-9-2-1-3-10-17/h4-8,11-14,17,27H,1-3,9-10,15H2,(H,28,32). The molecule has 0 bridgehead atoms. The predicted molar refractivity (Wildman–Crippen MR) is 128 cm³/mol. The zero-order valence-corrected chi connectivity index (χ0v) is 18.8. The molecule has 2 N–H and O–H groups in total. The Kier molecular flexibility index (Phi) is 5.72. The molecule has 4 aromatic rings. The van der Waals surface area contributed by atoms with Crippen LogP contribution in [0.2, 0.25) is 5.02 Å². The van der Waals surface area contributed by atoms with Gasteiger partial charge in [-0.25, -0.2) is 4.98 Å². The Balaban J connectivity index is 1.66. The van der Waals surface area contributed by atoms with Crippen molar-refractivity contribution in [3.05, 3.63) is 86.7 Å². The Morgan fingerprint density at radius 2 is 1.88 bits per heavy atom. The fraction of sp³-hybridized carbons (Fsp3) is 0.280. The molecule has 1 aromatic carbocycles. The minimum absolute atomic E-state index is 0.0307. The molecule has 1 amide bonds. The zero-order chi connectivity index (χ0) is 22.9. The van der Waals surface area contributed by atoms with Crippen LogP contribution in [-0.2, 0) is 6.54 Å². The van der Waals surface area contributed by atoms with Crippen LogP contribution in [0.4, 0.5) is 0 Å². The highest BCUT2D eigenvalue weighted by Gasteiger charge is 2.23. The quantitative estimate of drug-likeness (QED) is 0.446. The van der Waals surface area contributed by atoms with Gasteiger partial charge in [0.1, 0.15) is 16.8 Å². The fourth-order valence-corrected chi connectivity index (χ4v) is 4.83. The Morgan fingerprint density at radius 1 is 1.12 bits per heavy atom. The van der Waals surface area contributed by atoms with Crippen LogP contribution in [0.15, 0.2) is 59.5 Å². The van der Waals surface area contributed by atoms with Crippen molar-refractivity contribution in [2.45, 2.75) is 44.7 Å². The van der Waals surface area contributed by atoms with Crippen LogP contribution in [0.5, 0.6) is 0 Å². The maximum absolute atomic E-state index is 13.3. The molecule has 1 fully saturated rings. The number of carbonyl (C=O) groups excluding carboxylic acids is 1. The number of rotatable bonds is 4. The second kappa shape index (κ2) is 8.83. The number of fused-ring (bicyclic) bond motifs is 2. The molecule has 0 atom stereocenters. The maximum atomic E-state index is 13.3. The second-order valence-electron chi connectivity index (χ2n) is 8.43. The second-order valence-corrected chi connectivity index (χ2v) is 8.83. The summed E-state index contributed by atoms with van der Waals surface area (Å²) in [4.78, 5) is 31.3. The smallest absolute Gasteiger partial charge is 0.267 e. The van der Waals surface area contributed by atoms with Crippen molar-refractivity contribution in [1.82, 2.24) is 19.3 Å². The zero-order valence-electron chi connectivity index (χ0n) is 18.1. The van der Waals surface area contributed by atoms with Crippen molar-refractivity contribution in [2.24, 2.45) is 0 Å². The van der Waals surface area contributed by atoms with Gasteiger partial charge in [0.2, 0.25) is 0 Å². The average molecular weight is 462 g/mol. The van der Waals surface area contributed by atoms with E-state index in [2.05, 4.69) is 5.32 Å². The topological polar surface area (TPSA) is 92.2 Å². The summed E-state index contributed by atoms with van der Waals surface area (Å²) in [6.07, 6.45) is 6.71. The molecule has 0 saturated heterocycles. The molecular formula is C25H24ClN5O2. The number of carbonyl (C=O) groups is 1. The van der Waals surface area contributed by atoms with Crippen molar-refractivity contribution in [3.8, 4) is 0 Å². The van der Waals surface area contributed by atoms with Crippen LogP contribution in [0.3, 0.4) is 0 Å². The van der Waals surface area contributed by atoms with Crippen LogP contribution in [-0.4, -0.2) is 19.9 Å². The van der Waals surface area contributed by atoms with Gasteiger partial charge in [-0.15, -0.1) is 0 Å². The molecule has 1 saturated carbocycles. The number of pyridine rings is 2. The van der Waals surface area contributed by atoms with Crippen molar-refractivity contribution in [2.75, 3.05) is 0 Å². The molecule has 8 heteroatoms. The highest BCUT2D eigenvalue weighted by Crippen LogP contribution is 2.29. The normalized spacial score (nSPS) is 14.6. The minimum Gasteiger partial charge on any atom is -0.348 e. The molecule has 3 heterocycles. The van der Waals surface area contributed by atoms with E-state index >= 15 is 0 Å². The van der Waals surface area contributed by atoms with E-state index in [9.17, 15) is 9.59 Å². The third-order valence-electron chi connectivity index (χ3n) is 6.34. The Morgan fingerprint density at radius 3 is 2.67 bits per heavy atom. The van der Waals surface area contributed by atoms with Crippen molar-refractivity contribution in [3.63, 3.8) is 0 Å². The number of aromatic nitrogens is 3. The van der Waals surface area contributed by atoms with Gasteiger partial charge in [-0.05, 0) is 42.7 Å². The minimum atomic E-state index is -0.413. The molecule has 7 nitrogen and oxygen atoms in total. The summed E-state index contributed by atoms with van der Waals surface area (Å²) in [7, 11) is 0. The lowest BCUT2D eigenvalue weighted by molar-refractivity contribution is 0.0948. The highest BCUT2D eigenvalue weighted by molar-refractivity contribution is 6.31. The van der Waals surface area contributed by atoms with Gasteiger partial charge in [-0.1, -0.05) is 55.1 Å². The van der Waals surface area contributed by atoms with E-state index in [-0.39, 0.29) is 29.2 Å². The van der Waals surface area contributed by atoms with Crippen LogP contribution in [0, 0.1) is 5.41 Å². The number of nitrogens with one attached hydrogen (secondary N) is 2. The summed E-state index contributed by atoms with van der Waals surface area (Å²) < 4.78 is 3.27. The molecule has 3 aromatic heterocycles. The van der Waals surface area contributed by atoms with Gasteiger partial charge >= 0.3 is 0 Å². The molecule has 0 aliphatic heterocycles. The first-order valence-corrected chi connectivity index (χ1v) is 11.6. The Hall–Kier alpha value is -3.45. The number of halogens is 1. The first-order valence-electron chi connectivity index (χ1n) is 11.2. The molecular weight excluding hydrogens is 438 g/mol. The number of hydrogen-bond donors (Lipinski definition) is 2. The summed E-state index contributed by atoms with van der Waals surface area (Å²) in [5, 5.41) is 12.7. The first kappa shape index (κ1) is 21.4. The first-order chi connectivity index (χ1) is 16.0. The van der Waals surface area contributed by atoms with E-state index < -0.39 is 5.91 Å². The molecule has 1 aliphatic rings. The molecule has 5 rings (SSSR count). The van der Waals surface area contributed by atoms with Gasteiger partial charge in [0.05, 0.1) is 10.9 Å². The SMILES string of the molecule is N=c1c(C(=O)NCc2ccccc2Cl)cc2c(=O)n3ccccc3nc2n1C1CCCCC1. The number of nitrogens with zero attached hydrogens (tertiary/aromatic N) is 3. The molecule has 0 spiro atoms. The Labute approximate surface area is 195 Å². The van der Waals surface area contributed by atoms with E-state index in [0.717, 1.165) is 37.7 Å². The highest BCUT2D eigenvalue weighted by atomic mass is 35.5. The number of hydrogen-bond acceptors (Lipinski definition) is 4. The summed E-state index contributed by atoms with van der Waals surface area (Å²) in [6, 6.07) is 14.2. The monoisotopic (exact) mass is 461 g/mol. The summed E-state index contributed by atoms with van der Waals surface area (Å²) in [5.74, 6) is -0.413. The molecule has 0 unspecified atom stereocenters. The lowest BCUT2D eigenvalue weighted by Crippen LogP contribution is -2.36. The molecule has 0 radical (unpaired) electrons. The van der Waals surface area contributed by atoms with Gasteiger partial charge in [-0.3, -0.25) is 19.4 Å². The van der Waals surface area contributed by atoms with E-state index in [1.165, 1.54) is 10.5 Å². The molecule has 33 heavy (non-hydrogen) atoms. The lowest BCUT2D eigenvalue weighted by atomic mass is 9.94.